The van der Waals surface area contributed by atoms with E-state index in [2.05, 4.69) is 16.8 Å². The van der Waals surface area contributed by atoms with Gasteiger partial charge in [0.1, 0.15) is 5.75 Å². The third-order valence-electron chi connectivity index (χ3n) is 3.90. The van der Waals surface area contributed by atoms with Gasteiger partial charge in [-0.1, -0.05) is 6.07 Å². The van der Waals surface area contributed by atoms with Crippen molar-refractivity contribution >= 4 is 0 Å². The van der Waals surface area contributed by atoms with Crippen molar-refractivity contribution in [2.75, 3.05) is 39.8 Å². The molecule has 1 saturated heterocycles. The molecule has 0 atom stereocenters. The fourth-order valence-electron chi connectivity index (χ4n) is 2.54. The van der Waals surface area contributed by atoms with Crippen LogP contribution in [0.4, 0.5) is 13.2 Å². The summed E-state index contributed by atoms with van der Waals surface area (Å²) < 4.78 is 38.1. The molecule has 1 fully saturated rings. The van der Waals surface area contributed by atoms with Gasteiger partial charge in [-0.15, -0.1) is 0 Å². The Morgan fingerprint density at radius 3 is 2.43 bits per heavy atom. The van der Waals surface area contributed by atoms with Crippen molar-refractivity contribution in [3.05, 3.63) is 29.3 Å². The Kier molecular flexibility index (Phi) is 5.11. The first-order chi connectivity index (χ1) is 9.86. The molecule has 118 valence electrons. The molecule has 1 N–H and O–H groups in total. The van der Waals surface area contributed by atoms with Crippen molar-refractivity contribution < 1.29 is 18.3 Å². The van der Waals surface area contributed by atoms with Crippen molar-refractivity contribution in [1.82, 2.24) is 9.80 Å². The van der Waals surface area contributed by atoms with Gasteiger partial charge in [-0.2, -0.15) is 13.2 Å². The number of halogens is 3. The SMILES string of the molecule is CN1CCN(CCCc2ccc(O)c(C(F)(F)F)c2)CC1. The highest BCUT2D eigenvalue weighted by molar-refractivity contribution is 5.38. The molecule has 0 aliphatic carbocycles. The van der Waals surface area contributed by atoms with Crippen LogP contribution >= 0.6 is 0 Å². The molecule has 1 aromatic carbocycles. The van der Waals surface area contributed by atoms with Crippen LogP contribution in [0, 0.1) is 0 Å². The van der Waals surface area contributed by atoms with E-state index in [9.17, 15) is 18.3 Å². The molecule has 3 nitrogen and oxygen atoms in total. The largest absolute Gasteiger partial charge is 0.507 e. The molecular weight excluding hydrogens is 281 g/mol. The molecule has 0 saturated carbocycles. The number of phenolic OH excluding ortho intramolecular Hbond substituents is 1. The summed E-state index contributed by atoms with van der Waals surface area (Å²) in [5.74, 6) is -0.703. The maximum Gasteiger partial charge on any atom is 0.419 e. The number of phenols is 1. The Morgan fingerprint density at radius 2 is 1.81 bits per heavy atom. The number of hydrogen-bond acceptors (Lipinski definition) is 3. The first-order valence-corrected chi connectivity index (χ1v) is 7.16. The van der Waals surface area contributed by atoms with E-state index in [1.165, 1.54) is 0 Å². The monoisotopic (exact) mass is 302 g/mol. The lowest BCUT2D eigenvalue weighted by atomic mass is 10.0. The van der Waals surface area contributed by atoms with Crippen LogP contribution in [0.25, 0.3) is 0 Å². The lowest BCUT2D eigenvalue weighted by Crippen LogP contribution is -2.44. The maximum atomic E-state index is 12.7. The molecule has 6 heteroatoms. The average Bonchev–Trinajstić information content (AvgIpc) is 2.41. The van der Waals surface area contributed by atoms with E-state index in [1.54, 1.807) is 6.07 Å². The summed E-state index contributed by atoms with van der Waals surface area (Å²) in [6, 6.07) is 3.75. The summed E-state index contributed by atoms with van der Waals surface area (Å²) in [6.07, 6.45) is -3.08. The van der Waals surface area contributed by atoms with Gasteiger partial charge in [0.15, 0.2) is 0 Å². The normalized spacial score (nSPS) is 18.1. The predicted octanol–water partition coefficient (Wildman–Crippen LogP) is 2.59. The zero-order valence-electron chi connectivity index (χ0n) is 12.2. The molecule has 2 rings (SSSR count). The van der Waals surface area contributed by atoms with Crippen molar-refractivity contribution in [1.29, 1.82) is 0 Å². The van der Waals surface area contributed by atoms with Crippen molar-refractivity contribution in [2.45, 2.75) is 19.0 Å². The number of aromatic hydroxyl groups is 1. The number of piperazine rings is 1. The van der Waals surface area contributed by atoms with E-state index < -0.39 is 17.5 Å². The first kappa shape index (κ1) is 16.1. The van der Waals surface area contributed by atoms with E-state index in [0.29, 0.717) is 12.0 Å². The van der Waals surface area contributed by atoms with Gasteiger partial charge in [-0.05, 0) is 44.1 Å². The van der Waals surface area contributed by atoms with Gasteiger partial charge in [0, 0.05) is 26.2 Å². The van der Waals surface area contributed by atoms with Crippen molar-refractivity contribution in [3.63, 3.8) is 0 Å². The summed E-state index contributed by atoms with van der Waals surface area (Å²) in [5, 5.41) is 9.29. The Balaban J connectivity index is 1.86. The molecule has 0 bridgehead atoms. The minimum atomic E-state index is -4.50. The second-order valence-corrected chi connectivity index (χ2v) is 5.60. The molecule has 0 unspecified atom stereocenters. The number of nitrogens with zero attached hydrogens (tertiary/aromatic N) is 2. The van der Waals surface area contributed by atoms with Crippen molar-refractivity contribution in [2.24, 2.45) is 0 Å². The van der Waals surface area contributed by atoms with Gasteiger partial charge in [0.2, 0.25) is 0 Å². The molecule has 0 aromatic heterocycles. The van der Waals surface area contributed by atoms with Crippen LogP contribution in [0.1, 0.15) is 17.5 Å². The Hall–Kier alpha value is -1.27. The zero-order valence-corrected chi connectivity index (χ0v) is 12.2. The van der Waals surface area contributed by atoms with Crippen LogP contribution in [0.2, 0.25) is 0 Å². The number of aryl methyl sites for hydroxylation is 1. The highest BCUT2D eigenvalue weighted by atomic mass is 19.4. The minimum absolute atomic E-state index is 0.593. The number of alkyl halides is 3. The first-order valence-electron chi connectivity index (χ1n) is 7.16. The van der Waals surface area contributed by atoms with Gasteiger partial charge >= 0.3 is 6.18 Å². The third kappa shape index (κ3) is 4.61. The van der Waals surface area contributed by atoms with Crippen LogP contribution in [0.5, 0.6) is 5.75 Å². The van der Waals surface area contributed by atoms with Crippen LogP contribution in [-0.4, -0.2) is 54.7 Å². The lowest BCUT2D eigenvalue weighted by molar-refractivity contribution is -0.138. The van der Waals surface area contributed by atoms with E-state index in [4.69, 9.17) is 0 Å². The molecule has 1 heterocycles. The number of rotatable bonds is 4. The van der Waals surface area contributed by atoms with Gasteiger partial charge in [0.05, 0.1) is 5.56 Å². The Bertz CT molecular complexity index is 468. The summed E-state index contributed by atoms with van der Waals surface area (Å²) >= 11 is 0. The number of likely N-dealkylation sites (N-methyl/N-ethyl adjacent to an activating group) is 1. The second-order valence-electron chi connectivity index (χ2n) is 5.60. The molecule has 21 heavy (non-hydrogen) atoms. The van der Waals surface area contributed by atoms with Gasteiger partial charge in [-0.3, -0.25) is 0 Å². The number of hydrogen-bond donors (Lipinski definition) is 1. The number of benzene rings is 1. The van der Waals surface area contributed by atoms with Crippen molar-refractivity contribution in [3.8, 4) is 5.75 Å². The fourth-order valence-corrected chi connectivity index (χ4v) is 2.54. The quantitative estimate of drug-likeness (QED) is 0.926. The highest BCUT2D eigenvalue weighted by Gasteiger charge is 2.33. The zero-order chi connectivity index (χ0) is 15.5. The summed E-state index contributed by atoms with van der Waals surface area (Å²) in [4.78, 5) is 4.61. The maximum absolute atomic E-state index is 12.7. The molecule has 1 aliphatic rings. The predicted molar refractivity (Wildman–Crippen MR) is 75.4 cm³/mol. The van der Waals surface area contributed by atoms with Crippen LogP contribution in [-0.2, 0) is 12.6 Å². The lowest BCUT2D eigenvalue weighted by Gasteiger charge is -2.32. The Morgan fingerprint density at radius 1 is 1.14 bits per heavy atom. The summed E-state index contributed by atoms with van der Waals surface area (Å²) in [6.45, 7) is 5.00. The molecular formula is C15H21F3N2O. The molecule has 0 amide bonds. The standard InChI is InChI=1S/C15H21F3N2O/c1-19-7-9-20(10-8-19)6-2-3-12-4-5-14(21)13(11-12)15(16,17)18/h4-5,11,21H,2-3,6-10H2,1H3. The molecule has 1 aliphatic heterocycles. The highest BCUT2D eigenvalue weighted by Crippen LogP contribution is 2.36. The van der Waals surface area contributed by atoms with Crippen LogP contribution in [0.3, 0.4) is 0 Å². The second kappa shape index (κ2) is 6.66. The van der Waals surface area contributed by atoms with Gasteiger partial charge < -0.3 is 14.9 Å². The summed E-state index contributed by atoms with van der Waals surface area (Å²) in [7, 11) is 2.09. The van der Waals surface area contributed by atoms with E-state index in [0.717, 1.165) is 51.3 Å². The van der Waals surface area contributed by atoms with Crippen LogP contribution in [0.15, 0.2) is 18.2 Å². The third-order valence-corrected chi connectivity index (χ3v) is 3.90. The van der Waals surface area contributed by atoms with Crippen LogP contribution < -0.4 is 0 Å². The molecule has 0 radical (unpaired) electrons. The van der Waals surface area contributed by atoms with E-state index >= 15 is 0 Å². The van der Waals surface area contributed by atoms with E-state index in [-0.39, 0.29) is 0 Å². The van der Waals surface area contributed by atoms with E-state index in [1.807, 2.05) is 0 Å². The topological polar surface area (TPSA) is 26.7 Å². The van der Waals surface area contributed by atoms with Gasteiger partial charge in [-0.25, -0.2) is 0 Å². The van der Waals surface area contributed by atoms with Gasteiger partial charge in [0.25, 0.3) is 0 Å². The minimum Gasteiger partial charge on any atom is -0.507 e. The molecule has 1 aromatic rings. The fraction of sp³-hybridized carbons (Fsp3) is 0.600. The molecule has 0 spiro atoms. The summed E-state index contributed by atoms with van der Waals surface area (Å²) in [5.41, 5.74) is -0.325. The average molecular weight is 302 g/mol. The smallest absolute Gasteiger partial charge is 0.419 e. The Labute approximate surface area is 123 Å².